The monoisotopic (exact) mass is 638 g/mol. The lowest BCUT2D eigenvalue weighted by Crippen LogP contribution is -3.00. The quantitative estimate of drug-likeness (QED) is 0.122. The summed E-state index contributed by atoms with van der Waals surface area (Å²) in [5.41, 5.74) is 1.58. The number of ether oxygens (including phenoxy) is 2. The average Bonchev–Trinajstić information content (AvgIpc) is 2.93. The molecule has 2 rings (SSSR count). The zero-order chi connectivity index (χ0) is 26.6. The number of hydrogen-bond acceptors (Lipinski definition) is 3. The molecule has 0 bridgehead atoms. The second-order valence-electron chi connectivity index (χ2n) is 9.97. The number of hydrogen-bond donors (Lipinski definition) is 1. The lowest BCUT2D eigenvalue weighted by atomic mass is 10.0. The normalized spacial score (nSPS) is 10.6. The van der Waals surface area contributed by atoms with Crippen LogP contribution in [0.4, 0.5) is 0 Å². The summed E-state index contributed by atoms with van der Waals surface area (Å²) in [5.74, 6) is 1.13. The van der Waals surface area contributed by atoms with E-state index in [4.69, 9.17) is 9.47 Å². The first-order valence-electron chi connectivity index (χ1n) is 14.8. The Morgan fingerprint density at radius 2 is 1.42 bits per heavy atom. The highest BCUT2D eigenvalue weighted by Gasteiger charge is 2.15. The van der Waals surface area contributed by atoms with E-state index in [1.165, 1.54) is 83.5 Å². The number of carbonyl (C=O) groups excluding carboxylic acids is 1. The summed E-state index contributed by atoms with van der Waals surface area (Å²) >= 11 is 0. The molecular formula is C32H51IN2O3. The highest BCUT2D eigenvalue weighted by molar-refractivity contribution is 5.97. The fourth-order valence-corrected chi connectivity index (χ4v) is 4.68. The van der Waals surface area contributed by atoms with Gasteiger partial charge in [0.15, 0.2) is 6.20 Å². The topological polar surface area (TPSA) is 51.4 Å². The van der Waals surface area contributed by atoms with Gasteiger partial charge in [-0.05, 0) is 25.5 Å². The minimum absolute atomic E-state index is 0. The van der Waals surface area contributed by atoms with E-state index in [0.717, 1.165) is 24.4 Å². The van der Waals surface area contributed by atoms with Crippen LogP contribution in [0.1, 0.15) is 120 Å². The predicted octanol–water partition coefficient (Wildman–Crippen LogP) is 4.80. The molecule has 0 unspecified atom stereocenters. The largest absolute Gasteiger partial charge is 1.00 e. The minimum Gasteiger partial charge on any atom is -1.00 e. The van der Waals surface area contributed by atoms with Gasteiger partial charge in [0.05, 0.1) is 19.3 Å². The van der Waals surface area contributed by atoms with Crippen LogP contribution < -0.4 is 43.3 Å². The number of aromatic nitrogens is 1. The highest BCUT2D eigenvalue weighted by atomic mass is 127. The second kappa shape index (κ2) is 22.0. The van der Waals surface area contributed by atoms with E-state index in [0.29, 0.717) is 24.5 Å². The van der Waals surface area contributed by atoms with Crippen molar-refractivity contribution in [3.8, 4) is 11.5 Å². The molecule has 214 valence electrons. The van der Waals surface area contributed by atoms with Crippen molar-refractivity contribution in [1.29, 1.82) is 0 Å². The number of carbonyl (C=O) groups is 1. The number of nitrogens with zero attached hydrogens (tertiary/aromatic N) is 1. The van der Waals surface area contributed by atoms with Gasteiger partial charge in [-0.1, -0.05) is 96.5 Å². The smallest absolute Gasteiger partial charge is 0.255 e. The zero-order valence-corrected chi connectivity index (χ0v) is 26.3. The van der Waals surface area contributed by atoms with Crippen LogP contribution >= 0.6 is 0 Å². The molecule has 1 N–H and O–H groups in total. The van der Waals surface area contributed by atoms with Gasteiger partial charge in [0, 0.05) is 18.2 Å². The van der Waals surface area contributed by atoms with Crippen LogP contribution in [0.2, 0.25) is 0 Å². The van der Waals surface area contributed by atoms with Gasteiger partial charge in [-0.2, -0.15) is 0 Å². The van der Waals surface area contributed by atoms with Crippen LogP contribution in [0.15, 0.2) is 42.6 Å². The lowest BCUT2D eigenvalue weighted by Gasteiger charge is -2.12. The molecule has 0 spiro atoms. The average molecular weight is 639 g/mol. The van der Waals surface area contributed by atoms with Gasteiger partial charge in [-0.25, -0.2) is 4.57 Å². The molecule has 1 aromatic heterocycles. The van der Waals surface area contributed by atoms with Crippen LogP contribution in [0.25, 0.3) is 0 Å². The van der Waals surface area contributed by atoms with Crippen LogP contribution in [0.5, 0.6) is 11.5 Å². The van der Waals surface area contributed by atoms with Crippen molar-refractivity contribution in [1.82, 2.24) is 5.32 Å². The summed E-state index contributed by atoms with van der Waals surface area (Å²) in [6.45, 7) is 6.39. The third kappa shape index (κ3) is 13.8. The van der Waals surface area contributed by atoms with Crippen molar-refractivity contribution in [2.45, 2.75) is 117 Å². The van der Waals surface area contributed by atoms with Gasteiger partial charge in [0.25, 0.3) is 5.91 Å². The Morgan fingerprint density at radius 1 is 0.816 bits per heavy atom. The summed E-state index contributed by atoms with van der Waals surface area (Å²) < 4.78 is 13.5. The number of pyridine rings is 1. The Morgan fingerprint density at radius 3 is 2.00 bits per heavy atom. The molecular weight excluding hydrogens is 587 g/mol. The number of methoxy groups -OCH3 is 1. The molecule has 0 radical (unpaired) electrons. The Labute approximate surface area is 249 Å². The molecule has 0 saturated heterocycles. The summed E-state index contributed by atoms with van der Waals surface area (Å²) in [5, 5.41) is 3.00. The molecule has 0 fully saturated rings. The van der Waals surface area contributed by atoms with Gasteiger partial charge in [-0.15, -0.1) is 0 Å². The molecule has 5 nitrogen and oxygen atoms in total. The van der Waals surface area contributed by atoms with Crippen molar-refractivity contribution in [2.24, 2.45) is 0 Å². The van der Waals surface area contributed by atoms with Crippen LogP contribution in [0.3, 0.4) is 0 Å². The fraction of sp³-hybridized carbons (Fsp3) is 0.625. The number of rotatable bonds is 21. The van der Waals surface area contributed by atoms with Gasteiger partial charge >= 0.3 is 0 Å². The predicted molar refractivity (Wildman–Crippen MR) is 152 cm³/mol. The minimum atomic E-state index is -0.151. The molecule has 38 heavy (non-hydrogen) atoms. The standard InChI is InChI=1S/C32H50N2O3.HI/c1-4-6-7-8-9-10-11-12-13-14-15-16-17-20-25-37-29-22-23-30(31(26-29)36-3)32(35)33-27-28-21-18-19-24-34(28)5-2;/h18-19,21-24,26H,4-17,20,25,27H2,1-3H3;1H. The number of benzene rings is 1. The van der Waals surface area contributed by atoms with Crippen molar-refractivity contribution >= 4 is 5.91 Å². The molecule has 0 aliphatic rings. The number of amides is 1. The van der Waals surface area contributed by atoms with E-state index in [9.17, 15) is 4.79 Å². The third-order valence-electron chi connectivity index (χ3n) is 6.99. The first kappa shape index (κ1) is 34.2. The Bertz CT molecular complexity index is 891. The SMILES string of the molecule is CCCCCCCCCCCCCCCCOc1ccc(C(=O)NCc2cccc[n+]2CC)c(OC)c1.[I-]. The Kier molecular flexibility index (Phi) is 19.8. The first-order chi connectivity index (χ1) is 18.2. The van der Waals surface area contributed by atoms with Gasteiger partial charge in [0.2, 0.25) is 5.69 Å². The molecule has 1 amide bonds. The summed E-state index contributed by atoms with van der Waals surface area (Å²) in [4.78, 5) is 12.8. The summed E-state index contributed by atoms with van der Waals surface area (Å²) in [6.07, 6.45) is 20.9. The Hall–Kier alpha value is -1.83. The molecule has 0 saturated carbocycles. The molecule has 2 aromatic rings. The van der Waals surface area contributed by atoms with E-state index in [1.807, 2.05) is 36.5 Å². The third-order valence-corrected chi connectivity index (χ3v) is 6.99. The van der Waals surface area contributed by atoms with Gasteiger partial charge < -0.3 is 38.8 Å². The number of halogens is 1. The molecule has 0 aliphatic heterocycles. The van der Waals surface area contributed by atoms with E-state index in [1.54, 1.807) is 13.2 Å². The maximum Gasteiger partial charge on any atom is 0.255 e. The maximum atomic E-state index is 12.8. The number of aryl methyl sites for hydroxylation is 1. The lowest BCUT2D eigenvalue weighted by molar-refractivity contribution is -0.701. The van der Waals surface area contributed by atoms with E-state index >= 15 is 0 Å². The van der Waals surface area contributed by atoms with E-state index in [-0.39, 0.29) is 29.9 Å². The van der Waals surface area contributed by atoms with E-state index < -0.39 is 0 Å². The first-order valence-corrected chi connectivity index (χ1v) is 14.8. The summed E-state index contributed by atoms with van der Waals surface area (Å²) in [7, 11) is 1.59. The molecule has 1 aromatic carbocycles. The maximum absolute atomic E-state index is 12.8. The van der Waals surface area contributed by atoms with Gasteiger partial charge in [-0.3, -0.25) is 4.79 Å². The fourth-order valence-electron chi connectivity index (χ4n) is 4.68. The molecule has 0 aliphatic carbocycles. The van der Waals surface area contributed by atoms with Crippen LogP contribution in [0, 0.1) is 0 Å². The van der Waals surface area contributed by atoms with Crippen molar-refractivity contribution in [2.75, 3.05) is 13.7 Å². The van der Waals surface area contributed by atoms with Gasteiger partial charge in [0.1, 0.15) is 24.6 Å². The molecule has 6 heteroatoms. The molecule has 0 atom stereocenters. The molecule has 1 heterocycles. The number of nitrogens with one attached hydrogen (secondary N) is 1. The van der Waals surface area contributed by atoms with Crippen molar-refractivity contribution in [3.05, 3.63) is 53.9 Å². The highest BCUT2D eigenvalue weighted by Crippen LogP contribution is 2.25. The van der Waals surface area contributed by atoms with Crippen LogP contribution in [-0.4, -0.2) is 19.6 Å². The van der Waals surface area contributed by atoms with Crippen molar-refractivity contribution in [3.63, 3.8) is 0 Å². The van der Waals surface area contributed by atoms with Crippen LogP contribution in [-0.2, 0) is 13.1 Å². The second-order valence-corrected chi connectivity index (χ2v) is 9.97. The van der Waals surface area contributed by atoms with E-state index in [2.05, 4.69) is 23.7 Å². The number of unbranched alkanes of at least 4 members (excludes halogenated alkanes) is 13. The van der Waals surface area contributed by atoms with Crippen molar-refractivity contribution < 1.29 is 42.8 Å². The summed E-state index contributed by atoms with van der Waals surface area (Å²) in [6, 6.07) is 11.5. The Balaban J connectivity index is 0.00000722. The zero-order valence-electron chi connectivity index (χ0n) is 24.1.